The van der Waals surface area contributed by atoms with E-state index in [9.17, 15) is 8.78 Å². The molecule has 0 aromatic heterocycles. The zero-order chi connectivity index (χ0) is 10.8. The fraction of sp³-hybridized carbons (Fsp3) is 0.500. The van der Waals surface area contributed by atoms with Crippen molar-refractivity contribution in [2.45, 2.75) is 31.6 Å². The highest BCUT2D eigenvalue weighted by atomic mass is 19.3. The normalized spacial score (nSPS) is 26.1. The fourth-order valence-electron chi connectivity index (χ4n) is 2.49. The SMILES string of the molecule is Nc1cccc(C2CCCC2C(F)F)c1. The third-order valence-corrected chi connectivity index (χ3v) is 3.23. The molecule has 15 heavy (non-hydrogen) atoms. The molecule has 0 saturated heterocycles. The highest BCUT2D eigenvalue weighted by molar-refractivity contribution is 5.42. The summed E-state index contributed by atoms with van der Waals surface area (Å²) >= 11 is 0. The molecule has 0 spiro atoms. The quantitative estimate of drug-likeness (QED) is 0.745. The number of alkyl halides is 2. The van der Waals surface area contributed by atoms with Crippen LogP contribution < -0.4 is 5.73 Å². The lowest BCUT2D eigenvalue weighted by Gasteiger charge is -2.19. The molecule has 0 heterocycles. The summed E-state index contributed by atoms with van der Waals surface area (Å²) in [5, 5.41) is 0. The largest absolute Gasteiger partial charge is 0.399 e. The van der Waals surface area contributed by atoms with E-state index < -0.39 is 12.3 Å². The van der Waals surface area contributed by atoms with Crippen molar-refractivity contribution in [3.63, 3.8) is 0 Å². The summed E-state index contributed by atoms with van der Waals surface area (Å²) in [5.41, 5.74) is 7.29. The number of benzene rings is 1. The summed E-state index contributed by atoms with van der Waals surface area (Å²) in [7, 11) is 0. The van der Waals surface area contributed by atoms with Crippen molar-refractivity contribution in [2.75, 3.05) is 5.73 Å². The molecule has 1 saturated carbocycles. The number of rotatable bonds is 2. The fourth-order valence-corrected chi connectivity index (χ4v) is 2.49. The first kappa shape index (κ1) is 10.4. The van der Waals surface area contributed by atoms with Crippen LogP contribution in [0.25, 0.3) is 0 Å². The monoisotopic (exact) mass is 211 g/mol. The summed E-state index contributed by atoms with van der Waals surface area (Å²) < 4.78 is 25.5. The van der Waals surface area contributed by atoms with Crippen molar-refractivity contribution >= 4 is 5.69 Å². The van der Waals surface area contributed by atoms with E-state index in [0.717, 1.165) is 18.4 Å². The van der Waals surface area contributed by atoms with Crippen molar-refractivity contribution in [3.05, 3.63) is 29.8 Å². The van der Waals surface area contributed by atoms with E-state index >= 15 is 0 Å². The van der Waals surface area contributed by atoms with Gasteiger partial charge in [0.1, 0.15) is 0 Å². The molecule has 1 aromatic carbocycles. The standard InChI is InChI=1S/C12H15F2N/c13-12(14)11-6-2-5-10(11)8-3-1-4-9(15)7-8/h1,3-4,7,10-12H,2,5-6,15H2. The van der Waals surface area contributed by atoms with Crippen molar-refractivity contribution in [3.8, 4) is 0 Å². The summed E-state index contributed by atoms with van der Waals surface area (Å²) in [6.07, 6.45) is 0.184. The highest BCUT2D eigenvalue weighted by Crippen LogP contribution is 2.42. The van der Waals surface area contributed by atoms with E-state index in [4.69, 9.17) is 5.73 Å². The molecule has 2 N–H and O–H groups in total. The van der Waals surface area contributed by atoms with E-state index in [0.29, 0.717) is 12.1 Å². The molecule has 0 radical (unpaired) electrons. The van der Waals surface area contributed by atoms with Gasteiger partial charge in [0.05, 0.1) is 0 Å². The molecule has 1 aliphatic rings. The molecule has 1 nitrogen and oxygen atoms in total. The van der Waals surface area contributed by atoms with Crippen LogP contribution in [0, 0.1) is 5.92 Å². The summed E-state index contributed by atoms with van der Waals surface area (Å²) in [6.45, 7) is 0. The number of nitrogen functional groups attached to an aromatic ring is 1. The molecule has 2 atom stereocenters. The van der Waals surface area contributed by atoms with Gasteiger partial charge in [-0.05, 0) is 36.5 Å². The van der Waals surface area contributed by atoms with Crippen molar-refractivity contribution in [1.82, 2.24) is 0 Å². The zero-order valence-corrected chi connectivity index (χ0v) is 8.50. The van der Waals surface area contributed by atoms with Gasteiger partial charge in [0.25, 0.3) is 0 Å². The summed E-state index contributed by atoms with van der Waals surface area (Å²) in [4.78, 5) is 0. The van der Waals surface area contributed by atoms with Crippen LogP contribution in [0.5, 0.6) is 0 Å². The number of anilines is 1. The molecule has 0 aliphatic heterocycles. The van der Waals surface area contributed by atoms with Gasteiger partial charge in [0, 0.05) is 11.6 Å². The zero-order valence-electron chi connectivity index (χ0n) is 8.50. The lowest BCUT2D eigenvalue weighted by Crippen LogP contribution is -2.14. The third-order valence-electron chi connectivity index (χ3n) is 3.23. The molecule has 1 aliphatic carbocycles. The van der Waals surface area contributed by atoms with Crippen molar-refractivity contribution in [1.29, 1.82) is 0 Å². The van der Waals surface area contributed by atoms with Gasteiger partial charge in [-0.2, -0.15) is 0 Å². The predicted octanol–water partition coefficient (Wildman–Crippen LogP) is 3.42. The van der Waals surface area contributed by atoms with Crippen molar-refractivity contribution in [2.24, 2.45) is 5.92 Å². The van der Waals surface area contributed by atoms with E-state index in [1.807, 2.05) is 18.2 Å². The molecule has 0 amide bonds. The molecule has 2 rings (SSSR count). The summed E-state index contributed by atoms with van der Waals surface area (Å²) in [6, 6.07) is 7.36. The Morgan fingerprint density at radius 1 is 1.27 bits per heavy atom. The number of nitrogens with two attached hydrogens (primary N) is 1. The van der Waals surface area contributed by atoms with Crippen molar-refractivity contribution < 1.29 is 8.78 Å². The van der Waals surface area contributed by atoms with Crippen LogP contribution in [0.4, 0.5) is 14.5 Å². The number of hydrogen-bond acceptors (Lipinski definition) is 1. The summed E-state index contributed by atoms with van der Waals surface area (Å²) in [5.74, 6) is -0.486. The van der Waals surface area contributed by atoms with Gasteiger partial charge in [0.15, 0.2) is 0 Å². The molecular formula is C12H15F2N. The molecule has 0 bridgehead atoms. The second-order valence-corrected chi connectivity index (χ2v) is 4.21. The molecule has 1 fully saturated rings. The van der Waals surface area contributed by atoms with Gasteiger partial charge in [0.2, 0.25) is 6.43 Å². The van der Waals surface area contributed by atoms with E-state index in [-0.39, 0.29) is 5.92 Å². The van der Waals surface area contributed by atoms with Crippen LogP contribution in [-0.4, -0.2) is 6.43 Å². The van der Waals surface area contributed by atoms with Gasteiger partial charge in [-0.1, -0.05) is 18.6 Å². The van der Waals surface area contributed by atoms with Gasteiger partial charge < -0.3 is 5.73 Å². The molecule has 82 valence electrons. The highest BCUT2D eigenvalue weighted by Gasteiger charge is 2.34. The molecule has 1 aromatic rings. The minimum absolute atomic E-state index is 0.00602. The topological polar surface area (TPSA) is 26.0 Å². The lowest BCUT2D eigenvalue weighted by atomic mass is 9.89. The van der Waals surface area contributed by atoms with E-state index in [2.05, 4.69) is 0 Å². The first-order chi connectivity index (χ1) is 7.18. The predicted molar refractivity (Wildman–Crippen MR) is 56.9 cm³/mol. The average molecular weight is 211 g/mol. The molecule has 2 unspecified atom stereocenters. The van der Waals surface area contributed by atoms with Crippen LogP contribution >= 0.6 is 0 Å². The second kappa shape index (κ2) is 4.17. The smallest absolute Gasteiger partial charge is 0.242 e. The minimum Gasteiger partial charge on any atom is -0.399 e. The van der Waals surface area contributed by atoms with Crippen LogP contribution in [0.15, 0.2) is 24.3 Å². The average Bonchev–Trinajstić information content (AvgIpc) is 2.65. The van der Waals surface area contributed by atoms with Gasteiger partial charge in [-0.25, -0.2) is 8.78 Å². The number of hydrogen-bond donors (Lipinski definition) is 1. The van der Waals surface area contributed by atoms with Crippen LogP contribution in [-0.2, 0) is 0 Å². The van der Waals surface area contributed by atoms with Gasteiger partial charge >= 0.3 is 0 Å². The Labute approximate surface area is 88.3 Å². The Morgan fingerprint density at radius 2 is 2.07 bits per heavy atom. The Bertz CT molecular complexity index is 338. The first-order valence-electron chi connectivity index (χ1n) is 5.32. The maximum Gasteiger partial charge on any atom is 0.242 e. The van der Waals surface area contributed by atoms with Crippen LogP contribution in [0.1, 0.15) is 30.7 Å². The first-order valence-corrected chi connectivity index (χ1v) is 5.32. The van der Waals surface area contributed by atoms with Gasteiger partial charge in [-0.15, -0.1) is 0 Å². The Morgan fingerprint density at radius 3 is 2.73 bits per heavy atom. The van der Waals surface area contributed by atoms with Crippen LogP contribution in [0.3, 0.4) is 0 Å². The van der Waals surface area contributed by atoms with Gasteiger partial charge in [-0.3, -0.25) is 0 Å². The maximum atomic E-state index is 12.7. The molecule has 3 heteroatoms. The minimum atomic E-state index is -2.21. The van der Waals surface area contributed by atoms with Crippen LogP contribution in [0.2, 0.25) is 0 Å². The number of halogens is 2. The third kappa shape index (κ3) is 2.11. The second-order valence-electron chi connectivity index (χ2n) is 4.21. The Balaban J connectivity index is 2.22. The van der Waals surface area contributed by atoms with E-state index in [1.165, 1.54) is 0 Å². The maximum absolute atomic E-state index is 12.7. The Kier molecular flexibility index (Phi) is 2.89. The molecular weight excluding hydrogens is 196 g/mol. The lowest BCUT2D eigenvalue weighted by molar-refractivity contribution is 0.0717. The van der Waals surface area contributed by atoms with E-state index in [1.54, 1.807) is 6.07 Å². The Hall–Kier alpha value is -1.12.